The Kier molecular flexibility index (Phi) is 9.36. The van der Waals surface area contributed by atoms with E-state index in [9.17, 15) is 4.79 Å². The SMILES string of the molecule is CCOCC(=O)NCC1(COC)CCNCC1.Cl. The summed E-state index contributed by atoms with van der Waals surface area (Å²) >= 11 is 0. The molecule has 108 valence electrons. The fourth-order valence-corrected chi connectivity index (χ4v) is 2.17. The fourth-order valence-electron chi connectivity index (χ4n) is 2.17. The molecule has 1 aliphatic rings. The van der Waals surface area contributed by atoms with E-state index in [0.717, 1.165) is 25.9 Å². The second-order valence-electron chi connectivity index (χ2n) is 4.60. The van der Waals surface area contributed by atoms with E-state index in [2.05, 4.69) is 10.6 Å². The van der Waals surface area contributed by atoms with Crippen molar-refractivity contribution in [1.82, 2.24) is 10.6 Å². The molecule has 1 aliphatic heterocycles. The molecule has 2 N–H and O–H groups in total. The average Bonchev–Trinajstić information content (AvgIpc) is 2.35. The highest BCUT2D eigenvalue weighted by Crippen LogP contribution is 2.28. The number of carbonyl (C=O) groups excluding carboxylic acids is 1. The van der Waals surface area contributed by atoms with Crippen LogP contribution in [0, 0.1) is 5.41 Å². The molecule has 6 heteroatoms. The predicted molar refractivity (Wildman–Crippen MR) is 73.2 cm³/mol. The number of halogens is 1. The number of nitrogens with one attached hydrogen (secondary N) is 2. The summed E-state index contributed by atoms with van der Waals surface area (Å²) in [5.74, 6) is -0.0409. The Hall–Kier alpha value is -0.360. The van der Waals surface area contributed by atoms with Gasteiger partial charge in [0, 0.05) is 25.7 Å². The quantitative estimate of drug-likeness (QED) is 0.716. The van der Waals surface area contributed by atoms with Crippen LogP contribution < -0.4 is 10.6 Å². The summed E-state index contributed by atoms with van der Waals surface area (Å²) in [6, 6.07) is 0. The summed E-state index contributed by atoms with van der Waals surface area (Å²) in [5.41, 5.74) is 0.0852. The minimum Gasteiger partial charge on any atom is -0.384 e. The van der Waals surface area contributed by atoms with Crippen molar-refractivity contribution in [3.05, 3.63) is 0 Å². The van der Waals surface area contributed by atoms with Crippen LogP contribution in [0.1, 0.15) is 19.8 Å². The molecule has 1 rings (SSSR count). The van der Waals surface area contributed by atoms with Gasteiger partial charge in [-0.15, -0.1) is 12.4 Å². The standard InChI is InChI=1S/C12H24N2O3.ClH/c1-3-17-8-11(15)14-9-12(10-16-2)4-6-13-7-5-12;/h13H,3-10H2,1-2H3,(H,14,15);1H. The first kappa shape index (κ1) is 17.6. The van der Waals surface area contributed by atoms with Crippen molar-refractivity contribution in [3.63, 3.8) is 0 Å². The van der Waals surface area contributed by atoms with Gasteiger partial charge in [0.25, 0.3) is 0 Å². The van der Waals surface area contributed by atoms with Crippen LogP contribution in [0.3, 0.4) is 0 Å². The van der Waals surface area contributed by atoms with Crippen LogP contribution in [0.4, 0.5) is 0 Å². The molecular weight excluding hydrogens is 256 g/mol. The number of hydrogen-bond donors (Lipinski definition) is 2. The molecular formula is C12H25ClN2O3. The Labute approximate surface area is 115 Å². The van der Waals surface area contributed by atoms with Crippen molar-refractivity contribution in [3.8, 4) is 0 Å². The minimum atomic E-state index is -0.0409. The zero-order valence-electron chi connectivity index (χ0n) is 11.3. The highest BCUT2D eigenvalue weighted by Gasteiger charge is 2.32. The lowest BCUT2D eigenvalue weighted by Crippen LogP contribution is -2.47. The molecule has 1 fully saturated rings. The van der Waals surface area contributed by atoms with Gasteiger partial charge in [0.2, 0.25) is 5.91 Å². The highest BCUT2D eigenvalue weighted by molar-refractivity contribution is 5.85. The van der Waals surface area contributed by atoms with Gasteiger partial charge in [-0.25, -0.2) is 0 Å². The molecule has 0 atom stereocenters. The van der Waals surface area contributed by atoms with Gasteiger partial charge in [0.05, 0.1) is 6.61 Å². The van der Waals surface area contributed by atoms with Gasteiger partial charge in [0.15, 0.2) is 0 Å². The van der Waals surface area contributed by atoms with Crippen LogP contribution in [-0.2, 0) is 14.3 Å². The Balaban J connectivity index is 0.00000289. The van der Waals surface area contributed by atoms with E-state index < -0.39 is 0 Å². The zero-order chi connectivity index (χ0) is 12.6. The van der Waals surface area contributed by atoms with Crippen molar-refractivity contribution < 1.29 is 14.3 Å². The smallest absolute Gasteiger partial charge is 0.246 e. The molecule has 0 aromatic heterocycles. The number of rotatable bonds is 7. The number of piperidine rings is 1. The molecule has 0 radical (unpaired) electrons. The molecule has 0 bridgehead atoms. The van der Waals surface area contributed by atoms with E-state index in [-0.39, 0.29) is 30.3 Å². The number of hydrogen-bond acceptors (Lipinski definition) is 4. The maximum atomic E-state index is 11.5. The minimum absolute atomic E-state index is 0. The number of methoxy groups -OCH3 is 1. The normalized spacial score (nSPS) is 17.9. The Morgan fingerprint density at radius 2 is 2.06 bits per heavy atom. The fraction of sp³-hybridized carbons (Fsp3) is 0.917. The average molecular weight is 281 g/mol. The van der Waals surface area contributed by atoms with Gasteiger partial charge >= 0.3 is 0 Å². The maximum Gasteiger partial charge on any atom is 0.246 e. The highest BCUT2D eigenvalue weighted by atomic mass is 35.5. The molecule has 0 aromatic carbocycles. The maximum absolute atomic E-state index is 11.5. The summed E-state index contributed by atoms with van der Waals surface area (Å²) in [5, 5.41) is 6.27. The van der Waals surface area contributed by atoms with Gasteiger partial charge in [-0.05, 0) is 32.9 Å². The molecule has 0 unspecified atom stereocenters. The van der Waals surface area contributed by atoms with Gasteiger partial charge in [-0.2, -0.15) is 0 Å². The number of ether oxygens (including phenoxy) is 2. The van der Waals surface area contributed by atoms with Crippen LogP contribution >= 0.6 is 12.4 Å². The lowest BCUT2D eigenvalue weighted by atomic mass is 9.79. The third-order valence-electron chi connectivity index (χ3n) is 3.21. The second-order valence-corrected chi connectivity index (χ2v) is 4.60. The van der Waals surface area contributed by atoms with Crippen molar-refractivity contribution in [2.45, 2.75) is 19.8 Å². The molecule has 1 saturated heterocycles. The van der Waals surface area contributed by atoms with Crippen molar-refractivity contribution in [2.75, 3.05) is 46.6 Å². The monoisotopic (exact) mass is 280 g/mol. The Morgan fingerprint density at radius 3 is 2.61 bits per heavy atom. The molecule has 0 aliphatic carbocycles. The number of amides is 1. The van der Waals surface area contributed by atoms with E-state index in [4.69, 9.17) is 9.47 Å². The van der Waals surface area contributed by atoms with Crippen LogP contribution in [0.5, 0.6) is 0 Å². The summed E-state index contributed by atoms with van der Waals surface area (Å²) in [6.07, 6.45) is 2.07. The third-order valence-corrected chi connectivity index (χ3v) is 3.21. The topological polar surface area (TPSA) is 59.6 Å². The van der Waals surface area contributed by atoms with Gasteiger partial charge in [-0.3, -0.25) is 4.79 Å². The predicted octanol–water partition coefficient (Wildman–Crippen LogP) is 0.577. The van der Waals surface area contributed by atoms with Crippen LogP contribution in [-0.4, -0.2) is 52.5 Å². The lowest BCUT2D eigenvalue weighted by Gasteiger charge is -2.37. The number of carbonyl (C=O) groups is 1. The van der Waals surface area contributed by atoms with Crippen LogP contribution in [0.2, 0.25) is 0 Å². The molecule has 0 saturated carbocycles. The van der Waals surface area contributed by atoms with E-state index in [1.165, 1.54) is 0 Å². The molecule has 0 aromatic rings. The first-order valence-electron chi connectivity index (χ1n) is 6.26. The van der Waals surface area contributed by atoms with Gasteiger partial charge in [-0.1, -0.05) is 0 Å². The van der Waals surface area contributed by atoms with Crippen molar-refractivity contribution in [1.29, 1.82) is 0 Å². The Morgan fingerprint density at radius 1 is 1.39 bits per heavy atom. The molecule has 18 heavy (non-hydrogen) atoms. The third kappa shape index (κ3) is 6.00. The summed E-state index contributed by atoms with van der Waals surface area (Å²) in [4.78, 5) is 11.5. The Bertz CT molecular complexity index is 228. The van der Waals surface area contributed by atoms with E-state index in [1.54, 1.807) is 7.11 Å². The zero-order valence-corrected chi connectivity index (χ0v) is 12.1. The first-order chi connectivity index (χ1) is 8.22. The second kappa shape index (κ2) is 9.55. The van der Waals surface area contributed by atoms with Crippen LogP contribution in [0.15, 0.2) is 0 Å². The van der Waals surface area contributed by atoms with Crippen molar-refractivity contribution >= 4 is 18.3 Å². The van der Waals surface area contributed by atoms with Crippen molar-refractivity contribution in [2.24, 2.45) is 5.41 Å². The molecule has 5 nitrogen and oxygen atoms in total. The van der Waals surface area contributed by atoms with Gasteiger partial charge < -0.3 is 20.1 Å². The van der Waals surface area contributed by atoms with E-state index >= 15 is 0 Å². The first-order valence-corrected chi connectivity index (χ1v) is 6.26. The van der Waals surface area contributed by atoms with E-state index in [1.807, 2.05) is 6.92 Å². The molecule has 1 heterocycles. The molecule has 1 amide bonds. The summed E-state index contributed by atoms with van der Waals surface area (Å²) in [6.45, 7) is 5.96. The van der Waals surface area contributed by atoms with E-state index in [0.29, 0.717) is 19.8 Å². The van der Waals surface area contributed by atoms with Gasteiger partial charge in [0.1, 0.15) is 6.61 Å². The summed E-state index contributed by atoms with van der Waals surface area (Å²) in [7, 11) is 1.71. The summed E-state index contributed by atoms with van der Waals surface area (Å²) < 4.78 is 10.4. The largest absolute Gasteiger partial charge is 0.384 e. The van der Waals surface area contributed by atoms with Crippen LogP contribution in [0.25, 0.3) is 0 Å². The lowest BCUT2D eigenvalue weighted by molar-refractivity contribution is -0.126. The molecule has 0 spiro atoms.